The molecule has 2 atom stereocenters. The Morgan fingerprint density at radius 2 is 1.93 bits per heavy atom. The molecule has 0 spiro atoms. The number of aliphatic carboxylic acids is 1. The summed E-state index contributed by atoms with van der Waals surface area (Å²) in [5.74, 6) is -4.61. The lowest BCUT2D eigenvalue weighted by atomic mass is 10.0. The van der Waals surface area contributed by atoms with Gasteiger partial charge in [0.15, 0.2) is 0 Å². The molecular formula is C8H10F3NO3. The average Bonchev–Trinajstić information content (AvgIpc) is 2.10. The number of alkyl halides is 3. The van der Waals surface area contributed by atoms with Gasteiger partial charge in [0.2, 0.25) is 0 Å². The fourth-order valence-electron chi connectivity index (χ4n) is 0.777. The van der Waals surface area contributed by atoms with Crippen LogP contribution in [0.2, 0.25) is 0 Å². The molecule has 0 saturated carbocycles. The van der Waals surface area contributed by atoms with Crippen LogP contribution in [0.1, 0.15) is 6.92 Å². The van der Waals surface area contributed by atoms with Gasteiger partial charge in [-0.15, -0.1) is 6.58 Å². The van der Waals surface area contributed by atoms with E-state index < -0.39 is 30.0 Å². The normalized spacial score (nSPS) is 15.2. The number of carboxylic acids is 1. The quantitative estimate of drug-likeness (QED) is 0.700. The molecule has 0 saturated heterocycles. The third kappa shape index (κ3) is 4.01. The molecule has 0 aliphatic heterocycles. The summed E-state index contributed by atoms with van der Waals surface area (Å²) in [6.45, 7) is 4.57. The van der Waals surface area contributed by atoms with Crippen LogP contribution in [0.15, 0.2) is 12.7 Å². The van der Waals surface area contributed by atoms with Gasteiger partial charge in [0.05, 0.1) is 0 Å². The van der Waals surface area contributed by atoms with Crippen LogP contribution in [0.3, 0.4) is 0 Å². The van der Waals surface area contributed by atoms with E-state index in [0.29, 0.717) is 0 Å². The highest BCUT2D eigenvalue weighted by atomic mass is 19.4. The van der Waals surface area contributed by atoms with E-state index in [-0.39, 0.29) is 0 Å². The number of hydrogen-bond donors (Lipinski definition) is 2. The van der Waals surface area contributed by atoms with Crippen molar-refractivity contribution in [3.8, 4) is 0 Å². The molecule has 0 aromatic heterocycles. The molecule has 0 aromatic carbocycles. The van der Waals surface area contributed by atoms with Gasteiger partial charge in [0, 0.05) is 5.92 Å². The fraction of sp³-hybridized carbons (Fsp3) is 0.500. The third-order valence-corrected chi connectivity index (χ3v) is 1.71. The molecule has 1 amide bonds. The Labute approximate surface area is 83.8 Å². The van der Waals surface area contributed by atoms with E-state index in [1.54, 1.807) is 0 Å². The molecule has 0 aliphatic carbocycles. The van der Waals surface area contributed by atoms with Crippen LogP contribution in [0.25, 0.3) is 0 Å². The largest absolute Gasteiger partial charge is 0.480 e. The second-order valence-corrected chi connectivity index (χ2v) is 2.88. The zero-order chi connectivity index (χ0) is 12.2. The first kappa shape index (κ1) is 13.5. The zero-order valence-corrected chi connectivity index (χ0v) is 7.84. The predicted molar refractivity (Wildman–Crippen MR) is 45.0 cm³/mol. The van der Waals surface area contributed by atoms with Crippen molar-refractivity contribution in [3.05, 3.63) is 12.7 Å². The average molecular weight is 225 g/mol. The Morgan fingerprint density at radius 3 is 2.20 bits per heavy atom. The number of amides is 1. The first-order valence-corrected chi connectivity index (χ1v) is 3.93. The lowest BCUT2D eigenvalue weighted by molar-refractivity contribution is -0.175. The lowest BCUT2D eigenvalue weighted by Crippen LogP contribution is -2.49. The molecular weight excluding hydrogens is 215 g/mol. The summed E-state index contributed by atoms with van der Waals surface area (Å²) in [5.41, 5.74) is 0. The van der Waals surface area contributed by atoms with E-state index in [9.17, 15) is 22.8 Å². The zero-order valence-electron chi connectivity index (χ0n) is 7.84. The van der Waals surface area contributed by atoms with Crippen LogP contribution in [-0.2, 0) is 9.59 Å². The predicted octanol–water partition coefficient (Wildman–Crippen LogP) is 0.940. The lowest BCUT2D eigenvalue weighted by Gasteiger charge is -2.19. The van der Waals surface area contributed by atoms with Crippen LogP contribution in [0.4, 0.5) is 13.2 Å². The molecule has 0 aliphatic rings. The minimum absolute atomic E-state index is 0.797. The van der Waals surface area contributed by atoms with Gasteiger partial charge in [0.1, 0.15) is 6.04 Å². The van der Waals surface area contributed by atoms with Gasteiger partial charge in [-0.1, -0.05) is 13.0 Å². The number of carbonyl (C=O) groups excluding carboxylic acids is 1. The Balaban J connectivity index is 4.64. The first-order chi connectivity index (χ1) is 6.70. The molecule has 0 heterocycles. The maximum Gasteiger partial charge on any atom is 0.471 e. The topological polar surface area (TPSA) is 66.4 Å². The maximum atomic E-state index is 11.8. The van der Waals surface area contributed by atoms with E-state index in [4.69, 9.17) is 5.11 Å². The third-order valence-electron chi connectivity index (χ3n) is 1.71. The molecule has 0 radical (unpaired) electrons. The Bertz CT molecular complexity index is 275. The molecule has 7 heteroatoms. The number of nitrogens with one attached hydrogen (secondary N) is 1. The van der Waals surface area contributed by atoms with Gasteiger partial charge in [-0.2, -0.15) is 13.2 Å². The standard InChI is InChI=1S/C8H10F3NO3/c1-3-4(2)5(6(13)14)12-7(15)8(9,10)11/h3-5H,1H2,2H3,(H,12,15)(H,13,14)/t4-,5-/m1/s1. The number of halogens is 3. The highest BCUT2D eigenvalue weighted by Gasteiger charge is 2.41. The number of carbonyl (C=O) groups is 2. The molecule has 0 rings (SSSR count). The molecule has 0 unspecified atom stereocenters. The Hall–Kier alpha value is -1.53. The van der Waals surface area contributed by atoms with Crippen molar-refractivity contribution >= 4 is 11.9 Å². The van der Waals surface area contributed by atoms with Gasteiger partial charge >= 0.3 is 18.1 Å². The van der Waals surface area contributed by atoms with E-state index in [0.717, 1.165) is 6.08 Å². The van der Waals surface area contributed by atoms with Crippen molar-refractivity contribution in [2.45, 2.75) is 19.1 Å². The van der Waals surface area contributed by atoms with Gasteiger partial charge < -0.3 is 10.4 Å². The van der Waals surface area contributed by atoms with Gasteiger partial charge in [-0.05, 0) is 0 Å². The van der Waals surface area contributed by atoms with Crippen LogP contribution in [0.5, 0.6) is 0 Å². The minimum atomic E-state index is -5.09. The van der Waals surface area contributed by atoms with Crippen molar-refractivity contribution in [3.63, 3.8) is 0 Å². The smallest absolute Gasteiger partial charge is 0.471 e. The summed E-state index contributed by atoms with van der Waals surface area (Å²) in [6, 6.07) is -1.63. The summed E-state index contributed by atoms with van der Waals surface area (Å²) in [7, 11) is 0. The first-order valence-electron chi connectivity index (χ1n) is 3.93. The second kappa shape index (κ2) is 4.81. The molecule has 4 nitrogen and oxygen atoms in total. The van der Waals surface area contributed by atoms with E-state index in [1.807, 2.05) is 0 Å². The number of carboxylic acid groups (broad SMARTS) is 1. The summed E-state index contributed by atoms with van der Waals surface area (Å²) in [4.78, 5) is 21.0. The number of rotatable bonds is 4. The molecule has 15 heavy (non-hydrogen) atoms. The van der Waals surface area contributed by atoms with Crippen LogP contribution >= 0.6 is 0 Å². The molecule has 0 bridgehead atoms. The highest BCUT2D eigenvalue weighted by Crippen LogP contribution is 2.16. The molecule has 0 fully saturated rings. The molecule has 0 aromatic rings. The van der Waals surface area contributed by atoms with Crippen LogP contribution in [-0.4, -0.2) is 29.2 Å². The van der Waals surface area contributed by atoms with Gasteiger partial charge in [-0.25, -0.2) is 4.79 Å². The van der Waals surface area contributed by atoms with E-state index in [1.165, 1.54) is 12.2 Å². The monoisotopic (exact) mass is 225 g/mol. The highest BCUT2D eigenvalue weighted by molar-refractivity contribution is 5.87. The second-order valence-electron chi connectivity index (χ2n) is 2.88. The van der Waals surface area contributed by atoms with Crippen LogP contribution in [0, 0.1) is 5.92 Å². The number of hydrogen-bond acceptors (Lipinski definition) is 2. The summed E-state index contributed by atoms with van der Waals surface area (Å²) in [6.07, 6.45) is -3.94. The van der Waals surface area contributed by atoms with Gasteiger partial charge in [0.25, 0.3) is 0 Å². The van der Waals surface area contributed by atoms with Crippen molar-refractivity contribution in [2.24, 2.45) is 5.92 Å². The van der Waals surface area contributed by atoms with E-state index >= 15 is 0 Å². The van der Waals surface area contributed by atoms with Crippen molar-refractivity contribution in [1.82, 2.24) is 5.32 Å². The van der Waals surface area contributed by atoms with Crippen molar-refractivity contribution in [2.75, 3.05) is 0 Å². The Morgan fingerprint density at radius 1 is 1.47 bits per heavy atom. The molecule has 86 valence electrons. The fourth-order valence-corrected chi connectivity index (χ4v) is 0.777. The van der Waals surface area contributed by atoms with Crippen molar-refractivity contribution in [1.29, 1.82) is 0 Å². The van der Waals surface area contributed by atoms with E-state index in [2.05, 4.69) is 6.58 Å². The summed E-state index contributed by atoms with van der Waals surface area (Å²) >= 11 is 0. The van der Waals surface area contributed by atoms with Crippen LogP contribution < -0.4 is 5.32 Å². The Kier molecular flexibility index (Phi) is 4.32. The summed E-state index contributed by atoms with van der Waals surface area (Å²) < 4.78 is 35.4. The van der Waals surface area contributed by atoms with Crippen molar-refractivity contribution < 1.29 is 27.9 Å². The maximum absolute atomic E-state index is 11.8. The SMILES string of the molecule is C=C[C@@H](C)[C@@H](NC(=O)C(F)(F)F)C(=O)O. The van der Waals surface area contributed by atoms with Gasteiger partial charge in [-0.3, -0.25) is 4.79 Å². The summed E-state index contributed by atoms with van der Waals surface area (Å²) in [5, 5.41) is 9.93. The molecule has 2 N–H and O–H groups in total. The minimum Gasteiger partial charge on any atom is -0.480 e.